The Hall–Kier alpha value is -2.14. The minimum atomic E-state index is -0.945. The summed E-state index contributed by atoms with van der Waals surface area (Å²) in [6.45, 7) is 1.92. The van der Waals surface area contributed by atoms with Gasteiger partial charge in [0, 0.05) is 17.6 Å². The van der Waals surface area contributed by atoms with E-state index in [9.17, 15) is 9.90 Å². The Bertz CT molecular complexity index is 636. The molecule has 1 aromatic carbocycles. The zero-order valence-corrected chi connectivity index (χ0v) is 11.1. The molecule has 5 heteroatoms. The summed E-state index contributed by atoms with van der Waals surface area (Å²) in [6.07, 6.45) is 3.43. The highest BCUT2D eigenvalue weighted by atomic mass is 16.4. The maximum Gasteiger partial charge on any atom is 0.339 e. The van der Waals surface area contributed by atoms with Gasteiger partial charge in [0.15, 0.2) is 0 Å². The molecule has 3 rings (SSSR count). The number of fused-ring (bicyclic) bond motifs is 1. The maximum atomic E-state index is 11.4. The number of carboxylic acids is 1. The molecule has 0 saturated carbocycles. The third kappa shape index (κ3) is 2.44. The van der Waals surface area contributed by atoms with Gasteiger partial charge in [0.05, 0.1) is 11.2 Å². The average Bonchev–Trinajstić information content (AvgIpc) is 2.48. The molecule has 2 aromatic rings. The number of anilines is 1. The van der Waals surface area contributed by atoms with E-state index in [1.165, 1.54) is 6.20 Å². The summed E-state index contributed by atoms with van der Waals surface area (Å²) in [6, 6.07) is 7.93. The lowest BCUT2D eigenvalue weighted by molar-refractivity contribution is 0.0697. The van der Waals surface area contributed by atoms with Crippen LogP contribution in [-0.4, -0.2) is 35.2 Å². The fourth-order valence-corrected chi connectivity index (χ4v) is 2.63. The molecule has 20 heavy (non-hydrogen) atoms. The number of piperidine rings is 1. The smallest absolute Gasteiger partial charge is 0.339 e. The lowest BCUT2D eigenvalue weighted by Crippen LogP contribution is -2.35. The van der Waals surface area contributed by atoms with E-state index in [2.05, 4.69) is 15.6 Å². The second-order valence-electron chi connectivity index (χ2n) is 5.04. The molecule has 0 bridgehead atoms. The molecular weight excluding hydrogens is 254 g/mol. The number of carbonyl (C=O) groups is 1. The van der Waals surface area contributed by atoms with E-state index >= 15 is 0 Å². The van der Waals surface area contributed by atoms with Gasteiger partial charge in [-0.05, 0) is 32.0 Å². The molecule has 0 amide bonds. The van der Waals surface area contributed by atoms with Gasteiger partial charge in [-0.3, -0.25) is 4.98 Å². The molecule has 1 saturated heterocycles. The Morgan fingerprint density at radius 2 is 2.05 bits per heavy atom. The molecule has 104 valence electrons. The molecular formula is C15H17N3O2. The monoisotopic (exact) mass is 271 g/mol. The Labute approximate surface area is 117 Å². The van der Waals surface area contributed by atoms with Crippen molar-refractivity contribution in [3.05, 3.63) is 36.0 Å². The molecule has 0 radical (unpaired) electrons. The fraction of sp³-hybridized carbons (Fsp3) is 0.333. The molecule has 1 aliphatic heterocycles. The standard InChI is InChI=1S/C15H17N3O2/c19-15(20)12-9-17-13-4-2-1-3-11(13)14(12)18-10-5-7-16-8-6-10/h1-4,9-10,16H,5-8H2,(H,17,18)(H,19,20). The molecule has 5 nitrogen and oxygen atoms in total. The van der Waals surface area contributed by atoms with E-state index in [0.29, 0.717) is 11.7 Å². The lowest BCUT2D eigenvalue weighted by atomic mass is 10.0. The molecule has 2 heterocycles. The van der Waals surface area contributed by atoms with Gasteiger partial charge in [0.2, 0.25) is 0 Å². The highest BCUT2D eigenvalue weighted by Crippen LogP contribution is 2.27. The zero-order valence-electron chi connectivity index (χ0n) is 11.1. The summed E-state index contributed by atoms with van der Waals surface area (Å²) in [5, 5.41) is 16.9. The van der Waals surface area contributed by atoms with Crippen molar-refractivity contribution in [2.75, 3.05) is 18.4 Å². The van der Waals surface area contributed by atoms with Crippen LogP contribution in [-0.2, 0) is 0 Å². The van der Waals surface area contributed by atoms with Crippen molar-refractivity contribution in [3.8, 4) is 0 Å². The lowest BCUT2D eigenvalue weighted by Gasteiger charge is -2.26. The number of hydrogen-bond acceptors (Lipinski definition) is 4. The highest BCUT2D eigenvalue weighted by molar-refractivity contribution is 6.04. The third-order valence-corrected chi connectivity index (χ3v) is 3.69. The first-order valence-corrected chi connectivity index (χ1v) is 6.84. The van der Waals surface area contributed by atoms with Gasteiger partial charge in [-0.2, -0.15) is 0 Å². The third-order valence-electron chi connectivity index (χ3n) is 3.69. The van der Waals surface area contributed by atoms with Crippen molar-refractivity contribution in [1.82, 2.24) is 10.3 Å². The van der Waals surface area contributed by atoms with E-state index in [-0.39, 0.29) is 5.56 Å². The summed E-state index contributed by atoms with van der Waals surface area (Å²) in [4.78, 5) is 15.6. The number of carboxylic acid groups (broad SMARTS) is 1. The van der Waals surface area contributed by atoms with E-state index in [1.54, 1.807) is 0 Å². The number of benzene rings is 1. The van der Waals surface area contributed by atoms with Crippen molar-refractivity contribution in [3.63, 3.8) is 0 Å². The Kier molecular flexibility index (Phi) is 3.52. The Balaban J connectivity index is 2.04. The summed E-state index contributed by atoms with van der Waals surface area (Å²) < 4.78 is 0. The van der Waals surface area contributed by atoms with Crippen molar-refractivity contribution < 1.29 is 9.90 Å². The number of aromatic carboxylic acids is 1. The molecule has 0 unspecified atom stereocenters. The van der Waals surface area contributed by atoms with Crippen molar-refractivity contribution in [2.24, 2.45) is 0 Å². The van der Waals surface area contributed by atoms with Crippen LogP contribution in [0.5, 0.6) is 0 Å². The predicted octanol–water partition coefficient (Wildman–Crippen LogP) is 2.10. The first-order chi connectivity index (χ1) is 9.75. The number of para-hydroxylation sites is 1. The van der Waals surface area contributed by atoms with Gasteiger partial charge < -0.3 is 15.7 Å². The maximum absolute atomic E-state index is 11.4. The molecule has 1 aromatic heterocycles. The second-order valence-corrected chi connectivity index (χ2v) is 5.04. The van der Waals surface area contributed by atoms with Gasteiger partial charge in [0.25, 0.3) is 0 Å². The van der Waals surface area contributed by atoms with Crippen molar-refractivity contribution in [2.45, 2.75) is 18.9 Å². The summed E-state index contributed by atoms with van der Waals surface area (Å²) in [5.74, 6) is -0.945. The molecule has 0 spiro atoms. The van der Waals surface area contributed by atoms with Gasteiger partial charge in [-0.15, -0.1) is 0 Å². The van der Waals surface area contributed by atoms with E-state index in [1.807, 2.05) is 24.3 Å². The molecule has 3 N–H and O–H groups in total. The Morgan fingerprint density at radius 1 is 1.30 bits per heavy atom. The normalized spacial score (nSPS) is 16.2. The summed E-state index contributed by atoms with van der Waals surface area (Å²) >= 11 is 0. The molecule has 1 fully saturated rings. The molecule has 0 aliphatic carbocycles. The molecule has 0 atom stereocenters. The highest BCUT2D eigenvalue weighted by Gasteiger charge is 2.19. The Morgan fingerprint density at radius 3 is 2.80 bits per heavy atom. The quantitative estimate of drug-likeness (QED) is 0.797. The zero-order chi connectivity index (χ0) is 13.9. The van der Waals surface area contributed by atoms with Crippen LogP contribution in [0.2, 0.25) is 0 Å². The SMILES string of the molecule is O=C(O)c1cnc2ccccc2c1NC1CCNCC1. The second kappa shape index (κ2) is 5.46. The van der Waals surface area contributed by atoms with Crippen LogP contribution in [0.1, 0.15) is 23.2 Å². The van der Waals surface area contributed by atoms with Gasteiger partial charge in [-0.25, -0.2) is 4.79 Å². The number of aromatic nitrogens is 1. The van der Waals surface area contributed by atoms with E-state index in [0.717, 1.165) is 36.8 Å². The number of nitrogens with one attached hydrogen (secondary N) is 2. The van der Waals surface area contributed by atoms with Crippen molar-refractivity contribution in [1.29, 1.82) is 0 Å². The predicted molar refractivity (Wildman–Crippen MR) is 78.2 cm³/mol. The summed E-state index contributed by atoms with van der Waals surface area (Å²) in [7, 11) is 0. The van der Waals surface area contributed by atoms with Crippen molar-refractivity contribution >= 4 is 22.6 Å². The molecule has 1 aliphatic rings. The van der Waals surface area contributed by atoms with Crippen LogP contribution >= 0.6 is 0 Å². The average molecular weight is 271 g/mol. The number of nitrogens with zero attached hydrogens (tertiary/aromatic N) is 1. The minimum Gasteiger partial charge on any atom is -0.478 e. The van der Waals surface area contributed by atoms with Gasteiger partial charge in [0.1, 0.15) is 5.56 Å². The fourth-order valence-electron chi connectivity index (χ4n) is 2.63. The van der Waals surface area contributed by atoms with E-state index in [4.69, 9.17) is 0 Å². The van der Waals surface area contributed by atoms with E-state index < -0.39 is 5.97 Å². The number of hydrogen-bond donors (Lipinski definition) is 3. The van der Waals surface area contributed by atoms with Crippen LogP contribution in [0.25, 0.3) is 10.9 Å². The van der Waals surface area contributed by atoms with Gasteiger partial charge in [-0.1, -0.05) is 18.2 Å². The van der Waals surface area contributed by atoms with Crippen LogP contribution in [0.15, 0.2) is 30.5 Å². The first kappa shape index (κ1) is 12.9. The van der Waals surface area contributed by atoms with Crippen LogP contribution < -0.4 is 10.6 Å². The van der Waals surface area contributed by atoms with Crippen LogP contribution in [0.3, 0.4) is 0 Å². The van der Waals surface area contributed by atoms with Crippen LogP contribution in [0, 0.1) is 0 Å². The topological polar surface area (TPSA) is 74.2 Å². The largest absolute Gasteiger partial charge is 0.478 e. The minimum absolute atomic E-state index is 0.238. The first-order valence-electron chi connectivity index (χ1n) is 6.84. The van der Waals surface area contributed by atoms with Crippen LogP contribution in [0.4, 0.5) is 5.69 Å². The number of rotatable bonds is 3. The summed E-state index contributed by atoms with van der Waals surface area (Å²) in [5.41, 5.74) is 1.74. The number of pyridine rings is 1. The van der Waals surface area contributed by atoms with Gasteiger partial charge >= 0.3 is 5.97 Å².